The van der Waals surface area contributed by atoms with E-state index < -0.39 is 4.92 Å². The van der Waals surface area contributed by atoms with Gasteiger partial charge in [-0.05, 0) is 26.8 Å². The molecule has 0 aliphatic heterocycles. The molecule has 0 fully saturated rings. The van der Waals surface area contributed by atoms with Crippen molar-refractivity contribution in [2.75, 3.05) is 0 Å². The molecule has 1 aromatic heterocycles. The molecule has 0 aliphatic rings. The molecule has 0 aliphatic carbocycles. The van der Waals surface area contributed by atoms with Crippen LogP contribution in [0.4, 0.5) is 5.69 Å². The van der Waals surface area contributed by atoms with Gasteiger partial charge in [-0.2, -0.15) is 0 Å². The van der Waals surface area contributed by atoms with Gasteiger partial charge in [-0.3, -0.25) is 10.1 Å². The molecule has 0 radical (unpaired) electrons. The van der Waals surface area contributed by atoms with Crippen LogP contribution in [-0.4, -0.2) is 14.5 Å². The first-order valence-electron chi connectivity index (χ1n) is 6.09. The highest BCUT2D eigenvalue weighted by atomic mass is 35.5. The maximum Gasteiger partial charge on any atom is 0.270 e. The predicted octanol–water partition coefficient (Wildman–Crippen LogP) is 4.23. The van der Waals surface area contributed by atoms with Gasteiger partial charge in [-0.1, -0.05) is 23.4 Å². The molecule has 2 aromatic rings. The number of aromatic nitrogens is 2. The zero-order chi connectivity index (χ0) is 14.9. The van der Waals surface area contributed by atoms with Gasteiger partial charge in [-0.25, -0.2) is 4.98 Å². The molecular weight excluding hydrogens is 298 g/mol. The number of nitrogens with zero attached hydrogens (tertiary/aromatic N) is 3. The van der Waals surface area contributed by atoms with Crippen molar-refractivity contribution in [2.24, 2.45) is 0 Å². The fraction of sp³-hybridized carbons (Fsp3) is 0.308. The number of rotatable bonds is 4. The summed E-state index contributed by atoms with van der Waals surface area (Å²) in [6.07, 6.45) is 0. The van der Waals surface area contributed by atoms with Crippen LogP contribution in [0.5, 0.6) is 0 Å². The van der Waals surface area contributed by atoms with Gasteiger partial charge >= 0.3 is 0 Å². The van der Waals surface area contributed by atoms with Crippen LogP contribution in [0.1, 0.15) is 18.3 Å². The third-order valence-electron chi connectivity index (χ3n) is 3.07. The van der Waals surface area contributed by atoms with Crippen molar-refractivity contribution >= 4 is 29.1 Å². The molecule has 2 rings (SSSR count). The van der Waals surface area contributed by atoms with Crippen LogP contribution >= 0.6 is 23.4 Å². The molecule has 106 valence electrons. The van der Waals surface area contributed by atoms with E-state index >= 15 is 0 Å². The first kappa shape index (κ1) is 14.9. The number of aryl methyl sites for hydroxylation is 1. The van der Waals surface area contributed by atoms with Crippen LogP contribution in [0.15, 0.2) is 28.3 Å². The summed E-state index contributed by atoms with van der Waals surface area (Å²) in [5.41, 5.74) is 2.09. The highest BCUT2D eigenvalue weighted by molar-refractivity contribution is 7.99. The second-order valence-electron chi connectivity index (χ2n) is 4.28. The minimum Gasteiger partial charge on any atom is -0.323 e. The first-order valence-corrected chi connectivity index (χ1v) is 7.29. The van der Waals surface area contributed by atoms with Gasteiger partial charge in [0.15, 0.2) is 5.16 Å². The molecule has 7 heteroatoms. The molecule has 0 bridgehead atoms. The SMILES string of the molecule is CCn1c(Sc2ccc([N+](=O)[O-])cc2Cl)nc(C)c1C. The minimum atomic E-state index is -0.457. The number of hydrogen-bond donors (Lipinski definition) is 0. The van der Waals surface area contributed by atoms with Crippen LogP contribution in [-0.2, 0) is 6.54 Å². The summed E-state index contributed by atoms with van der Waals surface area (Å²) in [6, 6.07) is 4.47. The van der Waals surface area contributed by atoms with Gasteiger partial charge in [0.2, 0.25) is 0 Å². The van der Waals surface area contributed by atoms with E-state index in [1.54, 1.807) is 6.07 Å². The van der Waals surface area contributed by atoms with E-state index in [0.29, 0.717) is 5.02 Å². The number of non-ortho nitro benzene ring substituents is 1. The standard InChI is InChI=1S/C13H14ClN3O2S/c1-4-16-9(3)8(2)15-13(16)20-12-6-5-10(17(18)19)7-11(12)14/h5-7H,4H2,1-3H3. The first-order chi connectivity index (χ1) is 9.43. The van der Waals surface area contributed by atoms with E-state index in [0.717, 1.165) is 28.0 Å². The van der Waals surface area contributed by atoms with E-state index in [-0.39, 0.29) is 5.69 Å². The van der Waals surface area contributed by atoms with Crippen molar-refractivity contribution in [2.45, 2.75) is 37.4 Å². The largest absolute Gasteiger partial charge is 0.323 e. The third-order valence-corrected chi connectivity index (χ3v) is 4.56. The van der Waals surface area contributed by atoms with Gasteiger partial charge < -0.3 is 4.57 Å². The molecule has 0 spiro atoms. The number of nitro groups is 1. The average molecular weight is 312 g/mol. The molecular formula is C13H14ClN3O2S. The second-order valence-corrected chi connectivity index (χ2v) is 5.70. The zero-order valence-corrected chi connectivity index (χ0v) is 13.0. The van der Waals surface area contributed by atoms with E-state index in [1.807, 2.05) is 13.8 Å². The molecule has 0 unspecified atom stereocenters. The molecule has 1 heterocycles. The minimum absolute atomic E-state index is 0.00876. The van der Waals surface area contributed by atoms with Crippen molar-refractivity contribution < 1.29 is 4.92 Å². The molecule has 0 saturated heterocycles. The van der Waals surface area contributed by atoms with Crippen LogP contribution in [0, 0.1) is 24.0 Å². The summed E-state index contributed by atoms with van der Waals surface area (Å²) in [5, 5.41) is 11.9. The lowest BCUT2D eigenvalue weighted by Crippen LogP contribution is -1.98. The lowest BCUT2D eigenvalue weighted by atomic mass is 10.3. The molecule has 0 amide bonds. The Morgan fingerprint density at radius 3 is 2.70 bits per heavy atom. The lowest BCUT2D eigenvalue weighted by Gasteiger charge is -2.07. The Bertz CT molecular complexity index is 670. The highest BCUT2D eigenvalue weighted by Crippen LogP contribution is 2.35. The quantitative estimate of drug-likeness (QED) is 0.626. The summed E-state index contributed by atoms with van der Waals surface area (Å²) in [7, 11) is 0. The summed E-state index contributed by atoms with van der Waals surface area (Å²) < 4.78 is 2.09. The van der Waals surface area contributed by atoms with Crippen LogP contribution in [0.25, 0.3) is 0 Å². The molecule has 20 heavy (non-hydrogen) atoms. The molecule has 0 atom stereocenters. The number of imidazole rings is 1. The normalized spacial score (nSPS) is 10.8. The van der Waals surface area contributed by atoms with E-state index in [2.05, 4.69) is 16.5 Å². The monoisotopic (exact) mass is 311 g/mol. The zero-order valence-electron chi connectivity index (χ0n) is 11.4. The Balaban J connectivity index is 2.35. The maximum atomic E-state index is 10.7. The average Bonchev–Trinajstić information content (AvgIpc) is 2.66. The van der Waals surface area contributed by atoms with Gasteiger partial charge in [0.05, 0.1) is 15.6 Å². The van der Waals surface area contributed by atoms with E-state index in [1.165, 1.54) is 23.9 Å². The number of halogens is 1. The van der Waals surface area contributed by atoms with Crippen molar-refractivity contribution in [3.05, 3.63) is 44.7 Å². The maximum absolute atomic E-state index is 10.7. The van der Waals surface area contributed by atoms with Gasteiger partial charge in [0.25, 0.3) is 5.69 Å². The van der Waals surface area contributed by atoms with Crippen molar-refractivity contribution in [1.29, 1.82) is 0 Å². The third kappa shape index (κ3) is 2.81. The Labute approximate surface area is 126 Å². The van der Waals surface area contributed by atoms with Crippen LogP contribution in [0.3, 0.4) is 0 Å². The summed E-state index contributed by atoms with van der Waals surface area (Å²) in [4.78, 5) is 15.5. The van der Waals surface area contributed by atoms with Crippen molar-refractivity contribution in [3.8, 4) is 0 Å². The van der Waals surface area contributed by atoms with Crippen molar-refractivity contribution in [1.82, 2.24) is 9.55 Å². The van der Waals surface area contributed by atoms with Gasteiger partial charge in [0.1, 0.15) is 0 Å². The Hall–Kier alpha value is -1.53. The summed E-state index contributed by atoms with van der Waals surface area (Å²) >= 11 is 7.52. The Morgan fingerprint density at radius 1 is 1.45 bits per heavy atom. The summed E-state index contributed by atoms with van der Waals surface area (Å²) in [5.74, 6) is 0. The highest BCUT2D eigenvalue weighted by Gasteiger charge is 2.15. The van der Waals surface area contributed by atoms with Crippen LogP contribution in [0.2, 0.25) is 5.02 Å². The van der Waals surface area contributed by atoms with Crippen molar-refractivity contribution in [3.63, 3.8) is 0 Å². The number of hydrogen-bond acceptors (Lipinski definition) is 4. The Kier molecular flexibility index (Phi) is 4.35. The van der Waals surface area contributed by atoms with E-state index in [9.17, 15) is 10.1 Å². The lowest BCUT2D eigenvalue weighted by molar-refractivity contribution is -0.384. The molecule has 0 N–H and O–H groups in total. The number of nitro benzene ring substituents is 1. The summed E-state index contributed by atoms with van der Waals surface area (Å²) in [6.45, 7) is 6.85. The second kappa shape index (κ2) is 5.85. The Morgan fingerprint density at radius 2 is 2.15 bits per heavy atom. The smallest absolute Gasteiger partial charge is 0.270 e. The van der Waals surface area contributed by atoms with Crippen LogP contribution < -0.4 is 0 Å². The van der Waals surface area contributed by atoms with Gasteiger partial charge in [-0.15, -0.1) is 0 Å². The fourth-order valence-electron chi connectivity index (χ4n) is 1.86. The predicted molar refractivity (Wildman–Crippen MR) is 79.6 cm³/mol. The topological polar surface area (TPSA) is 61.0 Å². The molecule has 0 saturated carbocycles. The molecule has 1 aromatic carbocycles. The number of benzene rings is 1. The fourth-order valence-corrected chi connectivity index (χ4v) is 3.20. The van der Waals surface area contributed by atoms with Gasteiger partial charge in [0, 0.05) is 29.3 Å². The molecule has 5 nitrogen and oxygen atoms in total. The van der Waals surface area contributed by atoms with E-state index in [4.69, 9.17) is 11.6 Å².